The third-order valence-electron chi connectivity index (χ3n) is 1.20. The van der Waals surface area contributed by atoms with E-state index in [1.807, 2.05) is 46.8 Å². The number of allylic oxidation sites excluding steroid dienone is 3. The Kier molecular flexibility index (Phi) is 6.40. The summed E-state index contributed by atoms with van der Waals surface area (Å²) in [6.45, 7) is 7.39. The maximum Gasteiger partial charge on any atom is 0.0634 e. The molecule has 0 radical (unpaired) electrons. The molecule has 0 fully saturated rings. The molecule has 0 heterocycles. The van der Waals surface area contributed by atoms with Gasteiger partial charge in [-0.3, -0.25) is 3.11 Å². The molecule has 0 aliphatic heterocycles. The Bertz CT molecular complexity index is 229. The Labute approximate surface area is 94.4 Å². The zero-order chi connectivity index (χ0) is 10.3. The van der Waals surface area contributed by atoms with E-state index in [0.717, 1.165) is 5.57 Å². The van der Waals surface area contributed by atoms with Crippen molar-refractivity contribution in [3.63, 3.8) is 0 Å². The van der Waals surface area contributed by atoms with Crippen molar-refractivity contribution in [2.45, 2.75) is 0 Å². The first-order valence-corrected chi connectivity index (χ1v) is 4.81. The van der Waals surface area contributed by atoms with Crippen LogP contribution in [0.3, 0.4) is 0 Å². The number of halogens is 1. The Morgan fingerprint density at radius 3 is 2.31 bits per heavy atom. The van der Waals surface area contributed by atoms with E-state index < -0.39 is 0 Å². The predicted octanol–water partition coefficient (Wildman–Crippen LogP) is 2.93. The number of rotatable bonds is 5. The molecule has 3 heteroatoms. The summed E-state index contributed by atoms with van der Waals surface area (Å²) in [5.74, 6) is 0. The van der Waals surface area contributed by atoms with Crippen LogP contribution >= 0.6 is 22.9 Å². The second-order valence-electron chi connectivity index (χ2n) is 2.70. The van der Waals surface area contributed by atoms with Gasteiger partial charge in [0, 0.05) is 32.7 Å². The van der Waals surface area contributed by atoms with E-state index in [1.165, 1.54) is 0 Å². The van der Waals surface area contributed by atoms with E-state index in [1.54, 1.807) is 6.08 Å². The maximum atomic E-state index is 3.77. The summed E-state index contributed by atoms with van der Waals surface area (Å²) in [7, 11) is 3.96. The summed E-state index contributed by atoms with van der Waals surface area (Å²) in [6, 6.07) is 0. The van der Waals surface area contributed by atoms with E-state index in [2.05, 4.69) is 36.0 Å². The van der Waals surface area contributed by atoms with Gasteiger partial charge in [-0.25, -0.2) is 0 Å². The third-order valence-corrected chi connectivity index (χ3v) is 1.84. The Hall–Kier alpha value is -0.710. The molecule has 0 aromatic rings. The average molecular weight is 290 g/mol. The first-order valence-electron chi connectivity index (χ1n) is 3.84. The summed E-state index contributed by atoms with van der Waals surface area (Å²) in [4.78, 5) is 1.97. The van der Waals surface area contributed by atoms with E-state index in [4.69, 9.17) is 0 Å². The van der Waals surface area contributed by atoms with Crippen molar-refractivity contribution in [3.8, 4) is 0 Å². The van der Waals surface area contributed by atoms with Crippen molar-refractivity contribution in [3.05, 3.63) is 49.5 Å². The molecule has 0 atom stereocenters. The van der Waals surface area contributed by atoms with Crippen LogP contribution in [0.1, 0.15) is 0 Å². The minimum absolute atomic E-state index is 0.903. The minimum Gasteiger partial charge on any atom is -0.382 e. The summed E-state index contributed by atoms with van der Waals surface area (Å²) in [5, 5.41) is 0. The highest BCUT2D eigenvalue weighted by molar-refractivity contribution is 14.1. The van der Waals surface area contributed by atoms with Crippen molar-refractivity contribution < 1.29 is 0 Å². The molecule has 0 aliphatic rings. The fourth-order valence-corrected chi connectivity index (χ4v) is 0.786. The van der Waals surface area contributed by atoms with Gasteiger partial charge in [0.05, 0.1) is 22.9 Å². The molecular formula is C10H15IN2. The molecule has 72 valence electrons. The van der Waals surface area contributed by atoms with Crippen molar-refractivity contribution >= 4 is 22.9 Å². The average Bonchev–Trinajstić information content (AvgIpc) is 2.10. The molecule has 0 bridgehead atoms. The Morgan fingerprint density at radius 1 is 1.23 bits per heavy atom. The largest absolute Gasteiger partial charge is 0.382 e. The molecule has 0 rings (SSSR count). The smallest absolute Gasteiger partial charge is 0.0634 e. The maximum absolute atomic E-state index is 3.77. The minimum atomic E-state index is 0.903. The van der Waals surface area contributed by atoms with E-state index in [0.29, 0.717) is 0 Å². The number of hydrogen-bond donors (Lipinski definition) is 0. The lowest BCUT2D eigenvalue weighted by molar-refractivity contribution is 0.556. The zero-order valence-corrected chi connectivity index (χ0v) is 10.2. The van der Waals surface area contributed by atoms with Crippen LogP contribution in [0.4, 0.5) is 0 Å². The summed E-state index contributed by atoms with van der Waals surface area (Å²) in [5.41, 5.74) is 0.903. The lowest BCUT2D eigenvalue weighted by Gasteiger charge is -2.07. The monoisotopic (exact) mass is 290 g/mol. The highest BCUT2D eigenvalue weighted by atomic mass is 127. The van der Waals surface area contributed by atoms with E-state index in [9.17, 15) is 0 Å². The summed E-state index contributed by atoms with van der Waals surface area (Å²) < 4.78 is 1.92. The highest BCUT2D eigenvalue weighted by Crippen LogP contribution is 2.03. The van der Waals surface area contributed by atoms with Crippen LogP contribution in [-0.4, -0.2) is 22.1 Å². The van der Waals surface area contributed by atoms with Gasteiger partial charge in [-0.05, 0) is 11.6 Å². The van der Waals surface area contributed by atoms with Crippen molar-refractivity contribution in [2.24, 2.45) is 0 Å². The molecule has 0 N–H and O–H groups in total. The van der Waals surface area contributed by atoms with Crippen molar-refractivity contribution in [1.29, 1.82) is 0 Å². The van der Waals surface area contributed by atoms with Crippen LogP contribution in [0.5, 0.6) is 0 Å². The second-order valence-corrected chi connectivity index (χ2v) is 3.81. The first-order chi connectivity index (χ1) is 6.06. The van der Waals surface area contributed by atoms with Gasteiger partial charge in [-0.15, -0.1) is 0 Å². The van der Waals surface area contributed by atoms with Crippen LogP contribution < -0.4 is 0 Å². The van der Waals surface area contributed by atoms with Gasteiger partial charge in [0.2, 0.25) is 0 Å². The summed E-state index contributed by atoms with van der Waals surface area (Å²) >= 11 is 2.18. The van der Waals surface area contributed by atoms with Gasteiger partial charge < -0.3 is 4.90 Å². The fourth-order valence-electron chi connectivity index (χ4n) is 0.482. The quantitative estimate of drug-likeness (QED) is 0.436. The van der Waals surface area contributed by atoms with Crippen LogP contribution in [-0.2, 0) is 0 Å². The van der Waals surface area contributed by atoms with Gasteiger partial charge in [-0.1, -0.05) is 19.2 Å². The predicted molar refractivity (Wildman–Crippen MR) is 67.2 cm³/mol. The van der Waals surface area contributed by atoms with Crippen LogP contribution in [0, 0.1) is 0 Å². The molecule has 0 amide bonds. The molecule has 0 aliphatic carbocycles. The van der Waals surface area contributed by atoms with Crippen LogP contribution in [0.15, 0.2) is 49.5 Å². The molecule has 13 heavy (non-hydrogen) atoms. The van der Waals surface area contributed by atoms with Crippen LogP contribution in [0.25, 0.3) is 0 Å². The van der Waals surface area contributed by atoms with Gasteiger partial charge in [0.1, 0.15) is 0 Å². The lowest BCUT2D eigenvalue weighted by atomic mass is 10.3. The van der Waals surface area contributed by atoms with E-state index >= 15 is 0 Å². The van der Waals surface area contributed by atoms with Crippen molar-refractivity contribution in [2.75, 3.05) is 14.1 Å². The number of nitrogens with zero attached hydrogens (tertiary/aromatic N) is 2. The molecule has 0 saturated carbocycles. The highest BCUT2D eigenvalue weighted by Gasteiger charge is 1.85. The molecular weight excluding hydrogens is 275 g/mol. The third kappa shape index (κ3) is 7.64. The van der Waals surface area contributed by atoms with Gasteiger partial charge in [0.15, 0.2) is 0 Å². The molecule has 0 spiro atoms. The zero-order valence-electron chi connectivity index (χ0n) is 8.07. The molecule has 2 nitrogen and oxygen atoms in total. The SMILES string of the molecule is C=CC(=C)/C=C\N(I)/C=C\N(C)C. The van der Waals surface area contributed by atoms with Gasteiger partial charge in [-0.2, -0.15) is 0 Å². The van der Waals surface area contributed by atoms with Gasteiger partial charge >= 0.3 is 0 Å². The summed E-state index contributed by atoms with van der Waals surface area (Å²) in [6.07, 6.45) is 9.46. The first kappa shape index (κ1) is 12.3. The number of hydrogen-bond acceptors (Lipinski definition) is 2. The van der Waals surface area contributed by atoms with Crippen molar-refractivity contribution in [1.82, 2.24) is 8.01 Å². The molecule has 0 unspecified atom stereocenters. The topological polar surface area (TPSA) is 6.48 Å². The standard InChI is InChI=1S/C10H15IN2/c1-5-10(2)6-7-13(11)9-8-12(3)4/h5-9H,1-2H2,3-4H3/b7-6-,9-8-. The van der Waals surface area contributed by atoms with Gasteiger partial charge in [0.25, 0.3) is 0 Å². The molecule has 0 aromatic heterocycles. The van der Waals surface area contributed by atoms with E-state index in [-0.39, 0.29) is 0 Å². The normalized spacial score (nSPS) is 10.7. The Balaban J connectivity index is 4.00. The van der Waals surface area contributed by atoms with Crippen LogP contribution in [0.2, 0.25) is 0 Å². The lowest BCUT2D eigenvalue weighted by Crippen LogP contribution is -2.02. The molecule has 0 saturated heterocycles. The fraction of sp³-hybridized carbons (Fsp3) is 0.200. The second kappa shape index (κ2) is 6.77. The molecule has 0 aromatic carbocycles. The Morgan fingerprint density at radius 2 is 1.85 bits per heavy atom.